The molecule has 26 heavy (non-hydrogen) atoms. The molecule has 4 rings (SSSR count). The summed E-state index contributed by atoms with van der Waals surface area (Å²) < 4.78 is 23.2. The second-order valence-electron chi connectivity index (χ2n) is 7.12. The number of piperazine rings is 1. The van der Waals surface area contributed by atoms with E-state index in [2.05, 4.69) is 9.88 Å². The van der Waals surface area contributed by atoms with E-state index < -0.39 is 9.84 Å². The quantitative estimate of drug-likeness (QED) is 0.799. The number of hydrogen-bond donors (Lipinski definition) is 0. The zero-order valence-corrected chi connectivity index (χ0v) is 15.5. The average Bonchev–Trinajstić information content (AvgIpc) is 2.67. The number of rotatable bonds is 2. The number of fused-ring (bicyclic) bond motifs is 1. The lowest BCUT2D eigenvalue weighted by Crippen LogP contribution is -2.53. The molecule has 3 heterocycles. The highest BCUT2D eigenvalue weighted by molar-refractivity contribution is 7.91. The van der Waals surface area contributed by atoms with Crippen LogP contribution in [0.3, 0.4) is 0 Å². The Kier molecular flexibility index (Phi) is 4.67. The molecule has 1 aromatic heterocycles. The molecule has 0 atom stereocenters. The highest BCUT2D eigenvalue weighted by atomic mass is 32.2. The SMILES string of the molecule is O=C(c1ccc2ncccc2c1)N1CCN(C2CCS(=O)(=O)CC2)CC1. The standard InChI is InChI=1S/C19H23N3O3S/c23-19(16-3-4-18-15(14-16)2-1-7-20-18)22-10-8-21(9-11-22)17-5-12-26(24,25)13-6-17/h1-4,7,14,17H,5-6,8-13H2. The number of sulfone groups is 1. The summed E-state index contributed by atoms with van der Waals surface area (Å²) >= 11 is 0. The molecule has 2 aliphatic heterocycles. The molecular formula is C19H23N3O3S. The fourth-order valence-electron chi connectivity index (χ4n) is 3.92. The Labute approximate surface area is 153 Å². The largest absolute Gasteiger partial charge is 0.336 e. The number of aromatic nitrogens is 1. The third kappa shape index (κ3) is 3.59. The van der Waals surface area contributed by atoms with Crippen LogP contribution >= 0.6 is 0 Å². The number of nitrogens with zero attached hydrogens (tertiary/aromatic N) is 3. The minimum absolute atomic E-state index is 0.0571. The van der Waals surface area contributed by atoms with E-state index >= 15 is 0 Å². The van der Waals surface area contributed by atoms with Crippen molar-refractivity contribution in [3.63, 3.8) is 0 Å². The summed E-state index contributed by atoms with van der Waals surface area (Å²) in [5.74, 6) is 0.644. The van der Waals surface area contributed by atoms with E-state index in [-0.39, 0.29) is 5.91 Å². The maximum Gasteiger partial charge on any atom is 0.253 e. The number of carbonyl (C=O) groups is 1. The molecule has 0 bridgehead atoms. The van der Waals surface area contributed by atoms with Crippen molar-refractivity contribution in [2.45, 2.75) is 18.9 Å². The Hall–Kier alpha value is -1.99. The Morgan fingerprint density at radius 1 is 1.04 bits per heavy atom. The first-order valence-corrected chi connectivity index (χ1v) is 10.9. The Bertz CT molecular complexity index is 907. The minimum Gasteiger partial charge on any atom is -0.336 e. The Morgan fingerprint density at radius 3 is 2.50 bits per heavy atom. The predicted octanol–water partition coefficient (Wildman–Crippen LogP) is 1.57. The van der Waals surface area contributed by atoms with E-state index in [1.54, 1.807) is 6.20 Å². The van der Waals surface area contributed by atoms with Crippen LogP contribution in [0.5, 0.6) is 0 Å². The van der Waals surface area contributed by atoms with Crippen LogP contribution < -0.4 is 0 Å². The van der Waals surface area contributed by atoms with Crippen molar-refractivity contribution in [3.05, 3.63) is 42.1 Å². The first kappa shape index (κ1) is 17.4. The van der Waals surface area contributed by atoms with Crippen LogP contribution in [0.25, 0.3) is 10.9 Å². The van der Waals surface area contributed by atoms with Crippen LogP contribution in [0.15, 0.2) is 36.5 Å². The zero-order chi connectivity index (χ0) is 18.1. The van der Waals surface area contributed by atoms with Gasteiger partial charge in [0.15, 0.2) is 0 Å². The molecule has 6 nitrogen and oxygen atoms in total. The molecule has 2 saturated heterocycles. The molecule has 0 N–H and O–H groups in total. The van der Waals surface area contributed by atoms with Gasteiger partial charge >= 0.3 is 0 Å². The maximum absolute atomic E-state index is 12.8. The van der Waals surface area contributed by atoms with E-state index in [4.69, 9.17) is 0 Å². The zero-order valence-electron chi connectivity index (χ0n) is 14.7. The van der Waals surface area contributed by atoms with Gasteiger partial charge in [0.1, 0.15) is 9.84 Å². The molecule has 2 aliphatic rings. The van der Waals surface area contributed by atoms with E-state index in [1.807, 2.05) is 35.2 Å². The van der Waals surface area contributed by atoms with E-state index in [0.717, 1.165) is 24.0 Å². The van der Waals surface area contributed by atoms with Gasteiger partial charge in [-0.3, -0.25) is 14.7 Å². The number of pyridine rings is 1. The van der Waals surface area contributed by atoms with Crippen LogP contribution in [0.1, 0.15) is 23.2 Å². The molecule has 2 fully saturated rings. The number of benzene rings is 1. The summed E-state index contributed by atoms with van der Waals surface area (Å²) in [5, 5.41) is 0.973. The van der Waals surface area contributed by atoms with Gasteiger partial charge in [0.25, 0.3) is 5.91 Å². The summed E-state index contributed by atoms with van der Waals surface area (Å²) in [7, 11) is -2.83. The monoisotopic (exact) mass is 373 g/mol. The lowest BCUT2D eigenvalue weighted by atomic mass is 10.1. The van der Waals surface area contributed by atoms with Gasteiger partial charge in [-0.2, -0.15) is 0 Å². The fourth-order valence-corrected chi connectivity index (χ4v) is 5.39. The van der Waals surface area contributed by atoms with Crippen molar-refractivity contribution in [2.75, 3.05) is 37.7 Å². The van der Waals surface area contributed by atoms with E-state index in [1.165, 1.54) is 0 Å². The summed E-state index contributed by atoms with van der Waals surface area (Å²) in [6.07, 6.45) is 3.18. The highest BCUT2D eigenvalue weighted by Gasteiger charge is 2.31. The third-order valence-electron chi connectivity index (χ3n) is 5.49. The molecule has 138 valence electrons. The van der Waals surface area contributed by atoms with Gasteiger partial charge < -0.3 is 4.90 Å². The topological polar surface area (TPSA) is 70.6 Å². The minimum atomic E-state index is -2.83. The normalized spacial score (nSPS) is 21.8. The predicted molar refractivity (Wildman–Crippen MR) is 101 cm³/mol. The molecule has 2 aromatic rings. The van der Waals surface area contributed by atoms with Gasteiger partial charge in [0, 0.05) is 49.4 Å². The van der Waals surface area contributed by atoms with E-state index in [9.17, 15) is 13.2 Å². The van der Waals surface area contributed by atoms with Gasteiger partial charge in [0.05, 0.1) is 17.0 Å². The van der Waals surface area contributed by atoms with E-state index in [0.29, 0.717) is 49.0 Å². The third-order valence-corrected chi connectivity index (χ3v) is 7.21. The Balaban J connectivity index is 1.38. The van der Waals surface area contributed by atoms with Gasteiger partial charge in [-0.25, -0.2) is 8.42 Å². The molecule has 7 heteroatoms. The highest BCUT2D eigenvalue weighted by Crippen LogP contribution is 2.21. The number of hydrogen-bond acceptors (Lipinski definition) is 5. The first-order valence-electron chi connectivity index (χ1n) is 9.10. The summed E-state index contributed by atoms with van der Waals surface area (Å²) in [5.41, 5.74) is 1.59. The molecule has 0 aliphatic carbocycles. The first-order chi connectivity index (χ1) is 12.5. The number of amides is 1. The van der Waals surface area contributed by atoms with Crippen molar-refractivity contribution in [2.24, 2.45) is 0 Å². The fraction of sp³-hybridized carbons (Fsp3) is 0.474. The Morgan fingerprint density at radius 2 is 1.77 bits per heavy atom. The molecule has 1 aromatic carbocycles. The van der Waals surface area contributed by atoms with Crippen molar-refractivity contribution < 1.29 is 13.2 Å². The molecule has 0 radical (unpaired) electrons. The maximum atomic E-state index is 12.8. The second-order valence-corrected chi connectivity index (χ2v) is 9.43. The van der Waals surface area contributed by atoms with Crippen LogP contribution in [0.4, 0.5) is 0 Å². The molecule has 0 unspecified atom stereocenters. The molecule has 1 amide bonds. The lowest BCUT2D eigenvalue weighted by molar-refractivity contribution is 0.0558. The van der Waals surface area contributed by atoms with Crippen LogP contribution in [0.2, 0.25) is 0 Å². The molecular weight excluding hydrogens is 350 g/mol. The molecule has 0 spiro atoms. The van der Waals surface area contributed by atoms with Gasteiger partial charge in [-0.15, -0.1) is 0 Å². The van der Waals surface area contributed by atoms with Crippen LogP contribution in [-0.2, 0) is 9.84 Å². The van der Waals surface area contributed by atoms with Gasteiger partial charge in [-0.05, 0) is 37.1 Å². The van der Waals surface area contributed by atoms with Crippen molar-refractivity contribution >= 4 is 26.6 Å². The smallest absolute Gasteiger partial charge is 0.253 e. The van der Waals surface area contributed by atoms with Crippen molar-refractivity contribution in [1.29, 1.82) is 0 Å². The summed E-state index contributed by atoms with van der Waals surface area (Å²) in [4.78, 5) is 21.4. The van der Waals surface area contributed by atoms with Gasteiger partial charge in [-0.1, -0.05) is 6.07 Å². The average molecular weight is 373 g/mol. The molecule has 0 saturated carbocycles. The van der Waals surface area contributed by atoms with Crippen LogP contribution in [-0.4, -0.2) is 72.8 Å². The second kappa shape index (κ2) is 6.96. The summed E-state index contributed by atoms with van der Waals surface area (Å²) in [6, 6.07) is 9.82. The summed E-state index contributed by atoms with van der Waals surface area (Å²) in [6.45, 7) is 3.00. The van der Waals surface area contributed by atoms with Crippen molar-refractivity contribution in [3.8, 4) is 0 Å². The van der Waals surface area contributed by atoms with Gasteiger partial charge in [0.2, 0.25) is 0 Å². The lowest BCUT2D eigenvalue weighted by Gasteiger charge is -2.40. The van der Waals surface area contributed by atoms with Crippen molar-refractivity contribution in [1.82, 2.24) is 14.8 Å². The number of carbonyl (C=O) groups excluding carboxylic acids is 1. The van der Waals surface area contributed by atoms with Crippen LogP contribution in [0, 0.1) is 0 Å².